The second kappa shape index (κ2) is 5.78. The van der Waals surface area contributed by atoms with Crippen LogP contribution < -0.4 is 5.32 Å². The highest BCUT2D eigenvalue weighted by Crippen LogP contribution is 2.16. The van der Waals surface area contributed by atoms with Crippen molar-refractivity contribution in [2.45, 2.75) is 31.3 Å². The summed E-state index contributed by atoms with van der Waals surface area (Å²) in [6, 6.07) is -0.182. The van der Waals surface area contributed by atoms with Gasteiger partial charge in [0.25, 0.3) is 0 Å². The molecule has 2 fully saturated rings. The number of rotatable bonds is 2. The smallest absolute Gasteiger partial charge is 0.319 e. The van der Waals surface area contributed by atoms with E-state index in [2.05, 4.69) is 5.32 Å². The van der Waals surface area contributed by atoms with Crippen molar-refractivity contribution in [2.24, 2.45) is 0 Å². The number of amides is 4. The molecule has 0 spiro atoms. The number of hydrogen-bond acceptors (Lipinski definition) is 4. The Hall–Kier alpha value is -1.63. The first-order chi connectivity index (χ1) is 9.40. The molecule has 112 valence electrons. The molecule has 2 saturated heterocycles. The van der Waals surface area contributed by atoms with Crippen LogP contribution in [0.4, 0.5) is 4.79 Å². The van der Waals surface area contributed by atoms with Crippen molar-refractivity contribution in [3.63, 3.8) is 0 Å². The van der Waals surface area contributed by atoms with Gasteiger partial charge in [0.05, 0.1) is 12.5 Å². The lowest BCUT2D eigenvalue weighted by atomic mass is 10.0. The fraction of sp³-hybridized carbons (Fsp3) is 0.769. The first-order valence-electron chi connectivity index (χ1n) is 6.93. The monoisotopic (exact) mass is 282 g/mol. The Kier molecular flexibility index (Phi) is 4.27. The van der Waals surface area contributed by atoms with Crippen LogP contribution in [-0.4, -0.2) is 78.9 Å². The highest BCUT2D eigenvalue weighted by molar-refractivity contribution is 6.05. The Morgan fingerprint density at radius 2 is 1.85 bits per heavy atom. The molecule has 4 amide bonds. The molecule has 0 bridgehead atoms. The van der Waals surface area contributed by atoms with Crippen molar-refractivity contribution in [2.75, 3.05) is 34.2 Å². The number of imide groups is 1. The minimum atomic E-state index is -0.395. The van der Waals surface area contributed by atoms with Crippen molar-refractivity contribution in [1.29, 1.82) is 0 Å². The van der Waals surface area contributed by atoms with Crippen molar-refractivity contribution in [1.82, 2.24) is 20.0 Å². The van der Waals surface area contributed by atoms with Crippen molar-refractivity contribution < 1.29 is 14.4 Å². The average Bonchev–Trinajstić information content (AvgIpc) is 2.66. The second-order valence-electron chi connectivity index (χ2n) is 5.65. The van der Waals surface area contributed by atoms with Crippen molar-refractivity contribution >= 4 is 17.8 Å². The summed E-state index contributed by atoms with van der Waals surface area (Å²) in [7, 11) is 5.00. The lowest BCUT2D eigenvalue weighted by Gasteiger charge is -2.34. The number of hydrogen-bond donors (Lipinski definition) is 1. The van der Waals surface area contributed by atoms with E-state index < -0.39 is 6.04 Å². The maximum atomic E-state index is 11.8. The third-order valence-corrected chi connectivity index (χ3v) is 3.97. The summed E-state index contributed by atoms with van der Waals surface area (Å²) in [5.74, 6) is -0.283. The van der Waals surface area contributed by atoms with Crippen LogP contribution >= 0.6 is 0 Å². The van der Waals surface area contributed by atoms with Crippen LogP contribution in [0.25, 0.3) is 0 Å². The molecular formula is C13H22N4O3. The lowest BCUT2D eigenvalue weighted by molar-refractivity contribution is -0.137. The van der Waals surface area contributed by atoms with Crippen LogP contribution in [-0.2, 0) is 9.59 Å². The second-order valence-corrected chi connectivity index (χ2v) is 5.65. The first kappa shape index (κ1) is 14.8. The third kappa shape index (κ3) is 2.92. The van der Waals surface area contributed by atoms with E-state index in [0.29, 0.717) is 13.1 Å². The summed E-state index contributed by atoms with van der Waals surface area (Å²) >= 11 is 0. The fourth-order valence-electron chi connectivity index (χ4n) is 2.69. The van der Waals surface area contributed by atoms with Gasteiger partial charge < -0.3 is 15.1 Å². The summed E-state index contributed by atoms with van der Waals surface area (Å²) in [5.41, 5.74) is 0. The number of likely N-dealkylation sites (N-methyl/N-ethyl adjacent to an activating group) is 1. The van der Waals surface area contributed by atoms with Gasteiger partial charge in [-0.05, 0) is 12.8 Å². The molecule has 0 aromatic carbocycles. The minimum Gasteiger partial charge on any atom is -0.331 e. The van der Waals surface area contributed by atoms with Crippen molar-refractivity contribution in [3.8, 4) is 0 Å². The van der Waals surface area contributed by atoms with Gasteiger partial charge in [0.15, 0.2) is 0 Å². The van der Waals surface area contributed by atoms with Crippen LogP contribution in [0.3, 0.4) is 0 Å². The van der Waals surface area contributed by atoms with E-state index in [4.69, 9.17) is 0 Å². The highest BCUT2D eigenvalue weighted by Gasteiger charge is 2.37. The minimum absolute atomic E-state index is 0.0234. The Balaban J connectivity index is 1.82. The topological polar surface area (TPSA) is 73.0 Å². The number of likely N-dealkylation sites (tertiary alicyclic amines) is 2. The van der Waals surface area contributed by atoms with Crippen LogP contribution in [0.15, 0.2) is 0 Å². The molecule has 1 atom stereocenters. The van der Waals surface area contributed by atoms with Gasteiger partial charge in [0.2, 0.25) is 11.8 Å². The normalized spacial score (nSPS) is 24.4. The van der Waals surface area contributed by atoms with E-state index in [-0.39, 0.29) is 30.3 Å². The average molecular weight is 282 g/mol. The zero-order chi connectivity index (χ0) is 14.9. The first-order valence-corrected chi connectivity index (χ1v) is 6.93. The fourth-order valence-corrected chi connectivity index (χ4v) is 2.69. The molecule has 1 unspecified atom stereocenters. The van der Waals surface area contributed by atoms with Gasteiger partial charge in [0.1, 0.15) is 0 Å². The molecule has 7 heteroatoms. The Morgan fingerprint density at radius 1 is 1.25 bits per heavy atom. The quantitative estimate of drug-likeness (QED) is 0.692. The molecule has 0 saturated carbocycles. The van der Waals surface area contributed by atoms with Crippen LogP contribution in [0.5, 0.6) is 0 Å². The lowest BCUT2D eigenvalue weighted by Crippen LogP contribution is -2.51. The summed E-state index contributed by atoms with van der Waals surface area (Å²) in [6.45, 7) is 1.36. The summed E-state index contributed by atoms with van der Waals surface area (Å²) in [5, 5.41) is 3.25. The van der Waals surface area contributed by atoms with Crippen LogP contribution in [0.1, 0.15) is 19.3 Å². The highest BCUT2D eigenvalue weighted by atomic mass is 16.2. The van der Waals surface area contributed by atoms with Crippen LogP contribution in [0, 0.1) is 0 Å². The maximum Gasteiger partial charge on any atom is 0.319 e. The molecule has 2 aliphatic heterocycles. The Labute approximate surface area is 118 Å². The number of carbonyl (C=O) groups excluding carboxylic acids is 3. The predicted octanol–water partition coefficient (Wildman–Crippen LogP) is -0.521. The number of nitrogens with one attached hydrogen (secondary N) is 1. The zero-order valence-corrected chi connectivity index (χ0v) is 12.3. The molecule has 0 aliphatic carbocycles. The van der Waals surface area contributed by atoms with Gasteiger partial charge in [-0.25, -0.2) is 4.79 Å². The van der Waals surface area contributed by atoms with Gasteiger partial charge >= 0.3 is 6.03 Å². The molecule has 2 rings (SSSR count). The maximum absolute atomic E-state index is 11.8. The van der Waals surface area contributed by atoms with Gasteiger partial charge in [-0.15, -0.1) is 0 Å². The molecule has 0 aromatic rings. The molecule has 2 heterocycles. The van der Waals surface area contributed by atoms with E-state index in [1.807, 2.05) is 4.90 Å². The predicted molar refractivity (Wildman–Crippen MR) is 73.0 cm³/mol. The van der Waals surface area contributed by atoms with Gasteiger partial charge in [-0.2, -0.15) is 0 Å². The van der Waals surface area contributed by atoms with Crippen molar-refractivity contribution in [3.05, 3.63) is 0 Å². The molecule has 7 nitrogen and oxygen atoms in total. The number of piperidine rings is 1. The summed E-state index contributed by atoms with van der Waals surface area (Å²) in [4.78, 5) is 39.7. The standard InChI is InChI=1S/C13H22N4O3/c1-15(2)13(20)17-6-4-9(5-7-17)14-10-8-11(18)16(3)12(10)19/h9-10,14H,4-8H2,1-3H3. The Bertz CT molecular complexity index is 416. The summed E-state index contributed by atoms with van der Waals surface area (Å²) < 4.78 is 0. The molecule has 1 N–H and O–H groups in total. The molecule has 2 aliphatic rings. The van der Waals surface area contributed by atoms with E-state index in [1.165, 1.54) is 11.9 Å². The number of carbonyl (C=O) groups is 3. The third-order valence-electron chi connectivity index (χ3n) is 3.97. The largest absolute Gasteiger partial charge is 0.331 e. The zero-order valence-electron chi connectivity index (χ0n) is 12.3. The molecular weight excluding hydrogens is 260 g/mol. The van der Waals surface area contributed by atoms with E-state index in [1.54, 1.807) is 19.0 Å². The van der Waals surface area contributed by atoms with Crippen LogP contribution in [0.2, 0.25) is 0 Å². The molecule has 20 heavy (non-hydrogen) atoms. The van der Waals surface area contributed by atoms with Gasteiger partial charge in [-0.3, -0.25) is 14.5 Å². The van der Waals surface area contributed by atoms with E-state index in [9.17, 15) is 14.4 Å². The summed E-state index contributed by atoms with van der Waals surface area (Å²) in [6.07, 6.45) is 1.86. The number of nitrogens with zero attached hydrogens (tertiary/aromatic N) is 3. The van der Waals surface area contributed by atoms with Gasteiger partial charge in [0, 0.05) is 40.3 Å². The molecule has 0 aromatic heterocycles. The van der Waals surface area contributed by atoms with E-state index >= 15 is 0 Å². The Morgan fingerprint density at radius 3 is 2.30 bits per heavy atom. The molecule has 0 radical (unpaired) electrons. The van der Waals surface area contributed by atoms with E-state index in [0.717, 1.165) is 12.8 Å². The SMILES string of the molecule is CN(C)C(=O)N1CCC(NC2CC(=O)N(C)C2=O)CC1. The number of urea groups is 1. The van der Waals surface area contributed by atoms with Gasteiger partial charge in [-0.1, -0.05) is 0 Å².